The molecule has 0 aliphatic heterocycles. The second-order valence-corrected chi connectivity index (χ2v) is 19.4. The lowest BCUT2D eigenvalue weighted by Gasteiger charge is -2.20. The fourth-order valence-electron chi connectivity index (χ4n) is 7.28. The van der Waals surface area contributed by atoms with Crippen LogP contribution in [0.1, 0.15) is 198 Å². The van der Waals surface area contributed by atoms with E-state index in [-0.39, 0.29) is 56.6 Å². The molecule has 0 bridgehead atoms. The zero-order chi connectivity index (χ0) is 41.4. The first-order chi connectivity index (χ1) is 26.1. The van der Waals surface area contributed by atoms with Crippen LogP contribution in [0, 0.1) is 47.3 Å². The van der Waals surface area contributed by atoms with Crippen molar-refractivity contribution in [2.45, 2.75) is 204 Å². The number of ether oxygens (including phenoxy) is 2. The van der Waals surface area contributed by atoms with Gasteiger partial charge in [-0.25, -0.2) is 4.89 Å². The Morgan fingerprint density at radius 1 is 0.509 bits per heavy atom. The second kappa shape index (κ2) is 35.0. The third kappa shape index (κ3) is 35.9. The van der Waals surface area contributed by atoms with Crippen LogP contribution in [0.2, 0.25) is 0 Å². The first-order valence-electron chi connectivity index (χ1n) is 22.6. The van der Waals surface area contributed by atoms with E-state index in [0.717, 1.165) is 55.8 Å². The van der Waals surface area contributed by atoms with Gasteiger partial charge in [0.1, 0.15) is 13.2 Å². The molecule has 2 N–H and O–H groups in total. The molecule has 0 rings (SSSR count). The van der Waals surface area contributed by atoms with Gasteiger partial charge >= 0.3 is 20.2 Å². The van der Waals surface area contributed by atoms with Crippen molar-refractivity contribution in [3.05, 3.63) is 0 Å². The van der Waals surface area contributed by atoms with E-state index < -0.39 is 14.4 Å². The van der Waals surface area contributed by atoms with Crippen molar-refractivity contribution in [2.75, 3.05) is 26.4 Å². The van der Waals surface area contributed by atoms with E-state index in [9.17, 15) is 14.2 Å². The molecule has 0 amide bonds. The van der Waals surface area contributed by atoms with Gasteiger partial charge in [0.05, 0.1) is 6.61 Å². The minimum absolute atomic E-state index is 0.0701. The molecule has 0 aliphatic carbocycles. The Hall–Kier alpha value is -0.990. The lowest BCUT2D eigenvalue weighted by Crippen LogP contribution is -2.30. The SMILES string of the molecule is CC(C)CCCC(C)CCCC(C)CCCC(C)CC(=O)OCC(COO[PH](=O)OCCN)OC(=O)CC(C)CCCC(C)CCCC(C)CCCC(C)C. The van der Waals surface area contributed by atoms with Crippen LogP contribution in [0.25, 0.3) is 0 Å². The number of hydrogen-bond acceptors (Lipinski definition) is 9. The van der Waals surface area contributed by atoms with E-state index >= 15 is 0 Å². The summed E-state index contributed by atoms with van der Waals surface area (Å²) in [5, 5.41) is 0. The van der Waals surface area contributed by atoms with Gasteiger partial charge in [-0.15, -0.1) is 0 Å². The van der Waals surface area contributed by atoms with E-state index in [1.165, 1.54) is 83.5 Å². The van der Waals surface area contributed by atoms with Gasteiger partial charge in [0.2, 0.25) is 0 Å². The zero-order valence-electron chi connectivity index (χ0n) is 37.5. The Kier molecular flexibility index (Phi) is 34.4. The first-order valence-corrected chi connectivity index (χ1v) is 23.8. The molecule has 8 atom stereocenters. The van der Waals surface area contributed by atoms with Crippen molar-refractivity contribution in [3.8, 4) is 0 Å². The van der Waals surface area contributed by atoms with Crippen LogP contribution in [0.3, 0.4) is 0 Å². The third-order valence-corrected chi connectivity index (χ3v) is 11.7. The van der Waals surface area contributed by atoms with E-state index in [1.807, 2.05) is 0 Å². The molecule has 0 aromatic heterocycles. The molecule has 0 fully saturated rings. The Labute approximate surface area is 340 Å². The molecule has 9 nitrogen and oxygen atoms in total. The minimum Gasteiger partial charge on any atom is -0.462 e. The van der Waals surface area contributed by atoms with Crippen LogP contribution in [0.5, 0.6) is 0 Å². The van der Waals surface area contributed by atoms with Crippen molar-refractivity contribution in [1.82, 2.24) is 0 Å². The molecule has 0 aromatic rings. The summed E-state index contributed by atoms with van der Waals surface area (Å²) in [6.07, 6.45) is 21.8. The van der Waals surface area contributed by atoms with E-state index in [0.29, 0.717) is 18.3 Å². The minimum atomic E-state index is -2.91. The van der Waals surface area contributed by atoms with Gasteiger partial charge in [-0.05, 0) is 47.3 Å². The van der Waals surface area contributed by atoms with E-state index in [4.69, 9.17) is 29.3 Å². The van der Waals surface area contributed by atoms with Gasteiger partial charge in [-0.2, -0.15) is 4.67 Å². The highest BCUT2D eigenvalue weighted by atomic mass is 31.1. The summed E-state index contributed by atoms with van der Waals surface area (Å²) in [6, 6.07) is 0. The Morgan fingerprint density at radius 3 is 1.25 bits per heavy atom. The Morgan fingerprint density at radius 2 is 0.873 bits per heavy atom. The van der Waals surface area contributed by atoms with Gasteiger partial charge in [-0.3, -0.25) is 14.2 Å². The Balaban J connectivity index is 4.58. The molecule has 0 aliphatic rings. The normalized spacial score (nSPS) is 16.4. The second-order valence-electron chi connectivity index (χ2n) is 18.5. The number of carbonyl (C=O) groups is 2. The maximum atomic E-state index is 12.9. The van der Waals surface area contributed by atoms with E-state index in [1.54, 1.807) is 0 Å². The maximum absolute atomic E-state index is 12.9. The summed E-state index contributed by atoms with van der Waals surface area (Å²) >= 11 is 0. The highest BCUT2D eigenvalue weighted by molar-refractivity contribution is 7.33. The Bertz CT molecular complexity index is 950. The summed E-state index contributed by atoms with van der Waals surface area (Å²) in [7, 11) is -2.91. The highest BCUT2D eigenvalue weighted by Crippen LogP contribution is 2.26. The fourth-order valence-corrected chi connectivity index (χ4v) is 7.77. The lowest BCUT2D eigenvalue weighted by molar-refractivity contribution is -0.234. The number of esters is 2. The van der Waals surface area contributed by atoms with Crippen molar-refractivity contribution >= 4 is 20.2 Å². The summed E-state index contributed by atoms with van der Waals surface area (Å²) < 4.78 is 32.8. The van der Waals surface area contributed by atoms with Crippen LogP contribution in [-0.4, -0.2) is 44.4 Å². The highest BCUT2D eigenvalue weighted by Gasteiger charge is 2.22. The first kappa shape index (κ1) is 54.0. The average molecular weight is 804 g/mol. The molecule has 0 saturated heterocycles. The largest absolute Gasteiger partial charge is 0.462 e. The number of hydrogen-bond donors (Lipinski definition) is 1. The predicted octanol–water partition coefficient (Wildman–Crippen LogP) is 12.7. The number of rotatable bonds is 38. The smallest absolute Gasteiger partial charge is 0.347 e. The summed E-state index contributed by atoms with van der Waals surface area (Å²) in [6.45, 7) is 22.7. The standard InChI is InChI=1S/C45H90NO8P/c1-35(2)17-11-19-37(5)21-13-23-39(7)25-15-27-41(9)31-44(47)50-33-43(34-51-54-55(49)52-30-29-46)53-45(48)32-42(10)28-16-26-40(8)24-14-22-38(6)20-12-18-36(3)4/h35-43,55H,11-34,46H2,1-10H3. The maximum Gasteiger partial charge on any atom is 0.347 e. The van der Waals surface area contributed by atoms with Gasteiger partial charge in [-0.1, -0.05) is 185 Å². The van der Waals surface area contributed by atoms with Crippen LogP contribution < -0.4 is 5.73 Å². The van der Waals surface area contributed by atoms with Crippen LogP contribution in [-0.2, 0) is 37.7 Å². The van der Waals surface area contributed by atoms with E-state index in [2.05, 4.69) is 69.2 Å². The van der Waals surface area contributed by atoms with Gasteiger partial charge in [0.25, 0.3) is 0 Å². The fraction of sp³-hybridized carbons (Fsp3) is 0.956. The average Bonchev–Trinajstić information content (AvgIpc) is 3.09. The van der Waals surface area contributed by atoms with Gasteiger partial charge < -0.3 is 19.7 Å². The molecule has 10 heteroatoms. The quantitative estimate of drug-likeness (QED) is 0.0281. The molecule has 0 radical (unpaired) electrons. The summed E-state index contributed by atoms with van der Waals surface area (Å²) in [4.78, 5) is 30.8. The molecular weight excluding hydrogens is 713 g/mol. The van der Waals surface area contributed by atoms with Crippen molar-refractivity contribution in [1.29, 1.82) is 0 Å². The summed E-state index contributed by atoms with van der Waals surface area (Å²) in [5.41, 5.74) is 5.38. The van der Waals surface area contributed by atoms with Crippen molar-refractivity contribution in [3.63, 3.8) is 0 Å². The van der Waals surface area contributed by atoms with Crippen molar-refractivity contribution < 1.29 is 37.7 Å². The third-order valence-electron chi connectivity index (χ3n) is 11.0. The zero-order valence-corrected chi connectivity index (χ0v) is 38.5. The molecule has 0 aromatic carbocycles. The molecule has 0 spiro atoms. The topological polar surface area (TPSA) is 123 Å². The molecule has 0 saturated carbocycles. The lowest BCUT2D eigenvalue weighted by atomic mass is 9.91. The molecule has 55 heavy (non-hydrogen) atoms. The van der Waals surface area contributed by atoms with Crippen LogP contribution in [0.15, 0.2) is 0 Å². The predicted molar refractivity (Wildman–Crippen MR) is 229 cm³/mol. The molecular formula is C45H90NO8P. The van der Waals surface area contributed by atoms with Gasteiger partial charge in [0.15, 0.2) is 6.10 Å². The van der Waals surface area contributed by atoms with Crippen molar-refractivity contribution in [2.24, 2.45) is 53.1 Å². The molecule has 328 valence electrons. The molecule has 0 heterocycles. The molecule has 8 unspecified atom stereocenters. The number of carbonyl (C=O) groups excluding carboxylic acids is 2. The summed E-state index contributed by atoms with van der Waals surface area (Å²) in [5.74, 6) is 4.21. The van der Waals surface area contributed by atoms with Crippen LogP contribution >= 0.6 is 8.25 Å². The monoisotopic (exact) mass is 804 g/mol. The van der Waals surface area contributed by atoms with Crippen LogP contribution in [0.4, 0.5) is 0 Å². The van der Waals surface area contributed by atoms with Gasteiger partial charge in [0, 0.05) is 19.4 Å². The number of nitrogens with two attached hydrogens (primary N) is 1.